The molecule has 1 aromatic rings. The molecule has 0 aliphatic heterocycles. The van der Waals surface area contributed by atoms with E-state index < -0.39 is 11.8 Å². The van der Waals surface area contributed by atoms with Crippen molar-refractivity contribution in [2.45, 2.75) is 0 Å². The van der Waals surface area contributed by atoms with E-state index in [2.05, 4.69) is 0 Å². The van der Waals surface area contributed by atoms with E-state index in [0.29, 0.717) is 5.56 Å². The lowest BCUT2D eigenvalue weighted by atomic mass is 10.1. The van der Waals surface area contributed by atoms with Gasteiger partial charge in [0, 0.05) is 6.08 Å². The molecule has 0 radical (unpaired) electrons. The number of ether oxygens (including phenoxy) is 1. The fourth-order valence-corrected chi connectivity index (χ4v) is 1.19. The molecule has 16 heavy (non-hydrogen) atoms. The molecule has 1 aromatic carbocycles. The van der Waals surface area contributed by atoms with Gasteiger partial charge in [0.15, 0.2) is 11.6 Å². The smallest absolute Gasteiger partial charge is 0.328 e. The maximum Gasteiger partial charge on any atom is 0.328 e. The Morgan fingerprint density at radius 3 is 2.81 bits per heavy atom. The first-order valence-corrected chi connectivity index (χ1v) is 4.27. The lowest BCUT2D eigenvalue weighted by Crippen LogP contribution is -1.95. The van der Waals surface area contributed by atoms with E-state index in [9.17, 15) is 9.18 Å². The van der Waals surface area contributed by atoms with Gasteiger partial charge < -0.3 is 9.84 Å². The summed E-state index contributed by atoms with van der Waals surface area (Å²) in [6.45, 7) is 0. The van der Waals surface area contributed by atoms with Crippen LogP contribution in [-0.2, 0) is 4.79 Å². The number of hydrogen-bond acceptors (Lipinski definition) is 3. The van der Waals surface area contributed by atoms with Crippen molar-refractivity contribution in [1.82, 2.24) is 0 Å². The zero-order valence-electron chi connectivity index (χ0n) is 8.40. The second kappa shape index (κ2) is 4.94. The van der Waals surface area contributed by atoms with Gasteiger partial charge in [-0.2, -0.15) is 5.26 Å². The van der Waals surface area contributed by atoms with Gasteiger partial charge in [-0.05, 0) is 17.7 Å². The van der Waals surface area contributed by atoms with Crippen LogP contribution in [0.3, 0.4) is 0 Å². The Kier molecular flexibility index (Phi) is 3.62. The van der Waals surface area contributed by atoms with Crippen LogP contribution in [-0.4, -0.2) is 18.2 Å². The molecule has 0 atom stereocenters. The monoisotopic (exact) mass is 221 g/mol. The Hall–Kier alpha value is -2.35. The molecule has 0 spiro atoms. The molecule has 0 aliphatic rings. The van der Waals surface area contributed by atoms with Crippen molar-refractivity contribution in [3.8, 4) is 11.8 Å². The molecular weight excluding hydrogens is 213 g/mol. The van der Waals surface area contributed by atoms with Gasteiger partial charge in [0.25, 0.3) is 0 Å². The second-order valence-corrected chi connectivity index (χ2v) is 2.83. The van der Waals surface area contributed by atoms with Gasteiger partial charge in [-0.1, -0.05) is 6.07 Å². The van der Waals surface area contributed by atoms with Crippen molar-refractivity contribution in [3.05, 3.63) is 35.2 Å². The number of carbonyl (C=O) groups is 1. The van der Waals surface area contributed by atoms with Crippen LogP contribution in [0.15, 0.2) is 18.2 Å². The van der Waals surface area contributed by atoms with Crippen molar-refractivity contribution < 1.29 is 19.0 Å². The highest BCUT2D eigenvalue weighted by Crippen LogP contribution is 2.26. The third-order valence-corrected chi connectivity index (χ3v) is 1.86. The number of methoxy groups -OCH3 is 1. The lowest BCUT2D eigenvalue weighted by Gasteiger charge is -2.06. The lowest BCUT2D eigenvalue weighted by molar-refractivity contribution is -0.131. The third-order valence-electron chi connectivity index (χ3n) is 1.86. The first-order chi connectivity index (χ1) is 7.60. The summed E-state index contributed by atoms with van der Waals surface area (Å²) in [6, 6.07) is 4.20. The highest BCUT2D eigenvalue weighted by Gasteiger charge is 2.12. The van der Waals surface area contributed by atoms with Crippen molar-refractivity contribution >= 4 is 12.0 Å². The molecule has 0 amide bonds. The Morgan fingerprint density at radius 1 is 1.62 bits per heavy atom. The van der Waals surface area contributed by atoms with E-state index in [1.807, 2.05) is 0 Å². The number of carboxylic acid groups (broad SMARTS) is 1. The Balaban J connectivity index is 3.31. The Labute approximate surface area is 91.2 Å². The van der Waals surface area contributed by atoms with E-state index in [-0.39, 0.29) is 11.3 Å². The summed E-state index contributed by atoms with van der Waals surface area (Å²) in [6.07, 6.45) is 2.08. The highest BCUT2D eigenvalue weighted by molar-refractivity contribution is 5.86. The predicted molar refractivity (Wildman–Crippen MR) is 54.3 cm³/mol. The molecular formula is C11H8FNO3. The summed E-state index contributed by atoms with van der Waals surface area (Å²) < 4.78 is 17.9. The summed E-state index contributed by atoms with van der Waals surface area (Å²) >= 11 is 0. The fraction of sp³-hybridized carbons (Fsp3) is 0.0909. The number of benzene rings is 1. The molecule has 1 rings (SSSR count). The number of hydrogen-bond donors (Lipinski definition) is 1. The summed E-state index contributed by atoms with van der Waals surface area (Å²) in [5.74, 6) is -1.99. The maximum atomic E-state index is 13.2. The molecule has 0 unspecified atom stereocenters. The van der Waals surface area contributed by atoms with Gasteiger partial charge in [0.1, 0.15) is 11.6 Å². The van der Waals surface area contributed by atoms with Crippen molar-refractivity contribution in [2.75, 3.05) is 7.11 Å². The molecule has 4 nitrogen and oxygen atoms in total. The molecule has 0 saturated heterocycles. The van der Waals surface area contributed by atoms with Crippen LogP contribution >= 0.6 is 0 Å². The van der Waals surface area contributed by atoms with Crippen LogP contribution in [0.25, 0.3) is 6.08 Å². The zero-order valence-corrected chi connectivity index (χ0v) is 8.40. The molecule has 0 heterocycles. The quantitative estimate of drug-likeness (QED) is 0.790. The fourth-order valence-electron chi connectivity index (χ4n) is 1.19. The summed E-state index contributed by atoms with van der Waals surface area (Å²) in [7, 11) is 1.24. The van der Waals surface area contributed by atoms with Crippen LogP contribution in [0, 0.1) is 17.1 Å². The summed E-state index contributed by atoms with van der Waals surface area (Å²) in [5.41, 5.74) is 0.267. The molecule has 82 valence electrons. The Bertz CT molecular complexity index is 489. The van der Waals surface area contributed by atoms with E-state index in [1.165, 1.54) is 19.3 Å². The van der Waals surface area contributed by atoms with Gasteiger partial charge in [-0.25, -0.2) is 9.18 Å². The predicted octanol–water partition coefficient (Wildman–Crippen LogP) is 1.80. The van der Waals surface area contributed by atoms with E-state index in [0.717, 1.165) is 12.1 Å². The molecule has 1 N–H and O–H groups in total. The van der Waals surface area contributed by atoms with E-state index in [4.69, 9.17) is 15.1 Å². The highest BCUT2D eigenvalue weighted by atomic mass is 19.1. The first kappa shape index (κ1) is 11.7. The topological polar surface area (TPSA) is 70.3 Å². The van der Waals surface area contributed by atoms with Gasteiger partial charge in [-0.15, -0.1) is 0 Å². The van der Waals surface area contributed by atoms with Crippen LogP contribution in [0.2, 0.25) is 0 Å². The average Bonchev–Trinajstić information content (AvgIpc) is 2.26. The van der Waals surface area contributed by atoms with Gasteiger partial charge in [-0.3, -0.25) is 0 Å². The minimum atomic E-state index is -1.15. The first-order valence-electron chi connectivity index (χ1n) is 4.27. The summed E-state index contributed by atoms with van der Waals surface area (Å²) in [5, 5.41) is 17.3. The largest absolute Gasteiger partial charge is 0.492 e. The molecule has 0 aliphatic carbocycles. The van der Waals surface area contributed by atoms with Gasteiger partial charge >= 0.3 is 5.97 Å². The number of nitriles is 1. The van der Waals surface area contributed by atoms with E-state index >= 15 is 0 Å². The minimum absolute atomic E-state index is 0.0278. The number of rotatable bonds is 3. The molecule has 5 heteroatoms. The Morgan fingerprint density at radius 2 is 2.31 bits per heavy atom. The van der Waals surface area contributed by atoms with Crippen molar-refractivity contribution in [2.24, 2.45) is 0 Å². The standard InChI is InChI=1S/C11H8FNO3/c1-16-11-8(6-13)7(2-4-9(11)12)3-5-10(14)15/h2-5H,1H3,(H,14,15)/b5-3+. The zero-order chi connectivity index (χ0) is 12.1. The van der Waals surface area contributed by atoms with Crippen LogP contribution < -0.4 is 4.74 Å². The van der Waals surface area contributed by atoms with Crippen LogP contribution in [0.1, 0.15) is 11.1 Å². The maximum absolute atomic E-state index is 13.2. The molecule has 0 saturated carbocycles. The van der Waals surface area contributed by atoms with E-state index in [1.54, 1.807) is 6.07 Å². The molecule has 0 bridgehead atoms. The number of aliphatic carboxylic acids is 1. The van der Waals surface area contributed by atoms with Crippen molar-refractivity contribution in [3.63, 3.8) is 0 Å². The molecule has 0 aromatic heterocycles. The van der Waals surface area contributed by atoms with Crippen molar-refractivity contribution in [1.29, 1.82) is 5.26 Å². The van der Waals surface area contributed by atoms with Crippen LogP contribution in [0.4, 0.5) is 4.39 Å². The average molecular weight is 221 g/mol. The van der Waals surface area contributed by atoms with Gasteiger partial charge in [0.2, 0.25) is 0 Å². The number of carboxylic acids is 1. The number of nitrogens with zero attached hydrogens (tertiary/aromatic N) is 1. The summed E-state index contributed by atoms with van der Waals surface area (Å²) in [4.78, 5) is 10.3. The minimum Gasteiger partial charge on any atom is -0.492 e. The SMILES string of the molecule is COc1c(F)ccc(/C=C/C(=O)O)c1C#N. The normalized spacial score (nSPS) is 10.1. The third kappa shape index (κ3) is 2.36. The molecule has 0 fully saturated rings. The number of halogens is 1. The van der Waals surface area contributed by atoms with Crippen LogP contribution in [0.5, 0.6) is 5.75 Å². The van der Waals surface area contributed by atoms with Gasteiger partial charge in [0.05, 0.1) is 7.11 Å². The second-order valence-electron chi connectivity index (χ2n) is 2.83.